The fraction of sp³-hybridized carbons (Fsp3) is 0. The minimum absolute atomic E-state index is 0.0132. The number of hydrogen-bond donors (Lipinski definition) is 1. The third-order valence-electron chi connectivity index (χ3n) is 2.45. The highest BCUT2D eigenvalue weighted by Gasteiger charge is 2.08. The molecule has 0 saturated carbocycles. The monoisotopic (exact) mass is 276 g/mol. The van der Waals surface area contributed by atoms with Gasteiger partial charge in [0.2, 0.25) is 0 Å². The second kappa shape index (κ2) is 5.97. The highest BCUT2D eigenvalue weighted by atomic mass is 19.1. The van der Waals surface area contributed by atoms with Gasteiger partial charge in [0.15, 0.2) is 0 Å². The average Bonchev–Trinajstić information content (AvgIpc) is 2.40. The smallest absolute Gasteiger partial charge is 0.328 e. The van der Waals surface area contributed by atoms with Crippen LogP contribution in [0.25, 0.3) is 6.08 Å². The number of aliphatic carboxylic acids is 1. The molecule has 102 valence electrons. The van der Waals surface area contributed by atoms with Crippen LogP contribution in [0, 0.1) is 11.6 Å². The van der Waals surface area contributed by atoms with Gasteiger partial charge < -0.3 is 9.84 Å². The summed E-state index contributed by atoms with van der Waals surface area (Å²) >= 11 is 0. The molecule has 2 aromatic carbocycles. The molecule has 0 amide bonds. The van der Waals surface area contributed by atoms with Crippen molar-refractivity contribution in [3.8, 4) is 11.5 Å². The molecular formula is C15H10F2O3. The number of carboxylic acids is 1. The Labute approximate surface area is 113 Å². The molecule has 0 aromatic heterocycles. The first-order valence-corrected chi connectivity index (χ1v) is 5.69. The van der Waals surface area contributed by atoms with Crippen LogP contribution in [0.2, 0.25) is 0 Å². The van der Waals surface area contributed by atoms with Crippen molar-refractivity contribution in [1.29, 1.82) is 0 Å². The van der Waals surface area contributed by atoms with Crippen molar-refractivity contribution in [1.82, 2.24) is 0 Å². The van der Waals surface area contributed by atoms with Crippen LogP contribution >= 0.6 is 0 Å². The van der Waals surface area contributed by atoms with Crippen molar-refractivity contribution in [2.45, 2.75) is 0 Å². The lowest BCUT2D eigenvalue weighted by Gasteiger charge is -2.09. The first kappa shape index (κ1) is 13.7. The number of ether oxygens (including phenoxy) is 1. The van der Waals surface area contributed by atoms with Gasteiger partial charge in [-0.25, -0.2) is 13.6 Å². The second-order valence-corrected chi connectivity index (χ2v) is 3.88. The molecule has 0 unspecified atom stereocenters. The average molecular weight is 276 g/mol. The molecule has 5 heteroatoms. The number of hydrogen-bond acceptors (Lipinski definition) is 2. The molecule has 0 heterocycles. The number of carboxylic acid groups (broad SMARTS) is 1. The van der Waals surface area contributed by atoms with E-state index in [-0.39, 0.29) is 11.3 Å². The molecular weight excluding hydrogens is 266 g/mol. The van der Waals surface area contributed by atoms with Crippen LogP contribution in [-0.2, 0) is 4.79 Å². The second-order valence-electron chi connectivity index (χ2n) is 3.88. The van der Waals surface area contributed by atoms with Crippen molar-refractivity contribution in [3.05, 3.63) is 65.7 Å². The van der Waals surface area contributed by atoms with Gasteiger partial charge in [-0.2, -0.15) is 0 Å². The van der Waals surface area contributed by atoms with Gasteiger partial charge in [0.1, 0.15) is 23.1 Å². The minimum Gasteiger partial charge on any atom is -0.478 e. The lowest BCUT2D eigenvalue weighted by atomic mass is 10.1. The lowest BCUT2D eigenvalue weighted by Crippen LogP contribution is -1.92. The SMILES string of the molecule is O=C(O)/C=C/c1c(F)cccc1Oc1ccc(F)cc1. The zero-order valence-corrected chi connectivity index (χ0v) is 10.2. The molecule has 0 saturated heterocycles. The molecule has 0 radical (unpaired) electrons. The third kappa shape index (κ3) is 3.41. The Morgan fingerprint density at radius 1 is 1.10 bits per heavy atom. The summed E-state index contributed by atoms with van der Waals surface area (Å²) in [6.45, 7) is 0. The zero-order valence-electron chi connectivity index (χ0n) is 10.2. The Hall–Kier alpha value is -2.69. The van der Waals surface area contributed by atoms with E-state index < -0.39 is 17.6 Å². The predicted octanol–water partition coefficient (Wildman–Crippen LogP) is 3.85. The highest BCUT2D eigenvalue weighted by molar-refractivity contribution is 5.86. The topological polar surface area (TPSA) is 46.5 Å². The quantitative estimate of drug-likeness (QED) is 0.863. The molecule has 0 aliphatic rings. The number of halogens is 2. The van der Waals surface area contributed by atoms with Crippen molar-refractivity contribution in [3.63, 3.8) is 0 Å². The van der Waals surface area contributed by atoms with E-state index in [2.05, 4.69) is 0 Å². The fourth-order valence-electron chi connectivity index (χ4n) is 1.55. The Morgan fingerprint density at radius 2 is 1.80 bits per heavy atom. The standard InChI is InChI=1S/C15H10F2O3/c16-10-4-6-11(7-5-10)20-14-3-1-2-13(17)12(14)8-9-15(18)19/h1-9H,(H,18,19)/b9-8+. The fourth-order valence-corrected chi connectivity index (χ4v) is 1.55. The molecule has 0 bridgehead atoms. The Kier molecular flexibility index (Phi) is 4.10. The van der Waals surface area contributed by atoms with E-state index in [1.807, 2.05) is 0 Å². The summed E-state index contributed by atoms with van der Waals surface area (Å²) < 4.78 is 31.9. The number of benzene rings is 2. The minimum atomic E-state index is -1.19. The third-order valence-corrected chi connectivity index (χ3v) is 2.45. The van der Waals surface area contributed by atoms with Gasteiger partial charge in [0.05, 0.1) is 5.56 Å². The van der Waals surface area contributed by atoms with Gasteiger partial charge in [0.25, 0.3) is 0 Å². The van der Waals surface area contributed by atoms with Gasteiger partial charge >= 0.3 is 5.97 Å². The summed E-state index contributed by atoms with van der Waals surface area (Å²) in [4.78, 5) is 10.5. The van der Waals surface area contributed by atoms with Crippen LogP contribution in [0.5, 0.6) is 11.5 Å². The van der Waals surface area contributed by atoms with E-state index in [4.69, 9.17) is 9.84 Å². The molecule has 1 N–H and O–H groups in total. The van der Waals surface area contributed by atoms with E-state index in [1.165, 1.54) is 42.5 Å². The van der Waals surface area contributed by atoms with E-state index in [0.29, 0.717) is 5.75 Å². The summed E-state index contributed by atoms with van der Waals surface area (Å²) in [5.74, 6) is -1.75. The summed E-state index contributed by atoms with van der Waals surface area (Å²) in [5.41, 5.74) is 0.0132. The molecule has 0 atom stereocenters. The summed E-state index contributed by atoms with van der Waals surface area (Å²) in [5, 5.41) is 8.59. The normalized spacial score (nSPS) is 10.7. The van der Waals surface area contributed by atoms with Crippen LogP contribution in [0.4, 0.5) is 8.78 Å². The van der Waals surface area contributed by atoms with Crippen LogP contribution < -0.4 is 4.74 Å². The predicted molar refractivity (Wildman–Crippen MR) is 69.5 cm³/mol. The maximum Gasteiger partial charge on any atom is 0.328 e. The van der Waals surface area contributed by atoms with Crippen LogP contribution in [0.3, 0.4) is 0 Å². The zero-order chi connectivity index (χ0) is 14.5. The summed E-state index contributed by atoms with van der Waals surface area (Å²) in [6, 6.07) is 9.33. The molecule has 3 nitrogen and oxygen atoms in total. The van der Waals surface area contributed by atoms with Gasteiger partial charge in [0, 0.05) is 6.08 Å². The Bertz CT molecular complexity index is 649. The van der Waals surface area contributed by atoms with Crippen LogP contribution in [-0.4, -0.2) is 11.1 Å². The van der Waals surface area contributed by atoms with Crippen molar-refractivity contribution in [2.24, 2.45) is 0 Å². The van der Waals surface area contributed by atoms with E-state index >= 15 is 0 Å². The molecule has 0 fully saturated rings. The van der Waals surface area contributed by atoms with E-state index in [0.717, 1.165) is 12.2 Å². The first-order chi connectivity index (χ1) is 9.56. The molecule has 2 rings (SSSR count). The molecule has 0 aliphatic heterocycles. The maximum atomic E-state index is 13.7. The van der Waals surface area contributed by atoms with Crippen molar-refractivity contribution >= 4 is 12.0 Å². The number of carbonyl (C=O) groups is 1. The Balaban J connectivity index is 2.33. The van der Waals surface area contributed by atoms with Gasteiger partial charge in [-0.3, -0.25) is 0 Å². The highest BCUT2D eigenvalue weighted by Crippen LogP contribution is 2.28. The van der Waals surface area contributed by atoms with Crippen molar-refractivity contribution < 1.29 is 23.4 Å². The summed E-state index contributed by atoms with van der Waals surface area (Å²) in [6.07, 6.45) is 1.92. The molecule has 2 aromatic rings. The number of rotatable bonds is 4. The van der Waals surface area contributed by atoms with Gasteiger partial charge in [-0.05, 0) is 42.5 Å². The van der Waals surface area contributed by atoms with Crippen molar-refractivity contribution in [2.75, 3.05) is 0 Å². The molecule has 20 heavy (non-hydrogen) atoms. The Morgan fingerprint density at radius 3 is 2.45 bits per heavy atom. The lowest BCUT2D eigenvalue weighted by molar-refractivity contribution is -0.131. The van der Waals surface area contributed by atoms with E-state index in [1.54, 1.807) is 0 Å². The first-order valence-electron chi connectivity index (χ1n) is 5.69. The molecule has 0 spiro atoms. The summed E-state index contributed by atoms with van der Waals surface area (Å²) in [7, 11) is 0. The largest absolute Gasteiger partial charge is 0.478 e. The molecule has 0 aliphatic carbocycles. The van der Waals surface area contributed by atoms with Gasteiger partial charge in [-0.15, -0.1) is 0 Å². The maximum absolute atomic E-state index is 13.7. The van der Waals surface area contributed by atoms with E-state index in [9.17, 15) is 13.6 Å². The van der Waals surface area contributed by atoms with Gasteiger partial charge in [-0.1, -0.05) is 6.07 Å². The van der Waals surface area contributed by atoms with Crippen LogP contribution in [0.15, 0.2) is 48.5 Å². The van der Waals surface area contributed by atoms with Crippen LogP contribution in [0.1, 0.15) is 5.56 Å².